The largest absolute Gasteiger partial charge is 0.0840 e. The fourth-order valence-electron chi connectivity index (χ4n) is 2.15. The van der Waals surface area contributed by atoms with Crippen molar-refractivity contribution in [3.05, 3.63) is 41.0 Å². The van der Waals surface area contributed by atoms with Crippen molar-refractivity contribution in [2.45, 2.75) is 59.3 Å². The van der Waals surface area contributed by atoms with Gasteiger partial charge in [0.25, 0.3) is 0 Å². The molecule has 0 bridgehead atoms. The molecule has 0 spiro atoms. The minimum absolute atomic E-state index is 1.18. The fourth-order valence-corrected chi connectivity index (χ4v) is 2.15. The molecule has 0 atom stereocenters. The number of unbranched alkanes of at least 4 members (excludes halogenated alkanes) is 1. The van der Waals surface area contributed by atoms with Gasteiger partial charge in [0.2, 0.25) is 0 Å². The highest BCUT2D eigenvalue weighted by Crippen LogP contribution is 2.17. The third-order valence-corrected chi connectivity index (χ3v) is 3.03. The topological polar surface area (TPSA) is 0 Å². The van der Waals surface area contributed by atoms with Crippen molar-refractivity contribution in [2.75, 3.05) is 0 Å². The van der Waals surface area contributed by atoms with E-state index in [2.05, 4.69) is 51.1 Å². The minimum atomic E-state index is 1.18. The lowest BCUT2D eigenvalue weighted by Gasteiger charge is -2.09. The summed E-state index contributed by atoms with van der Waals surface area (Å²) in [5, 5.41) is 0. The van der Waals surface area contributed by atoms with Crippen molar-refractivity contribution >= 4 is 6.08 Å². The average molecular weight is 230 g/mol. The average Bonchev–Trinajstić information content (AvgIpc) is 2.33. The van der Waals surface area contributed by atoms with Gasteiger partial charge in [-0.25, -0.2) is 0 Å². The molecule has 94 valence electrons. The molecule has 0 saturated carbocycles. The zero-order chi connectivity index (χ0) is 12.5. The molecule has 0 heteroatoms. The second-order valence-electron chi connectivity index (χ2n) is 4.72. The predicted octanol–water partition coefficient (Wildman–Crippen LogP) is 5.40. The van der Waals surface area contributed by atoms with Gasteiger partial charge in [-0.1, -0.05) is 70.4 Å². The molecule has 0 N–H and O–H groups in total. The molecule has 0 heterocycles. The van der Waals surface area contributed by atoms with E-state index in [-0.39, 0.29) is 0 Å². The summed E-state index contributed by atoms with van der Waals surface area (Å²) in [5.74, 6) is 0. The van der Waals surface area contributed by atoms with Gasteiger partial charge in [-0.3, -0.25) is 0 Å². The lowest BCUT2D eigenvalue weighted by atomic mass is 9.97. The van der Waals surface area contributed by atoms with Gasteiger partial charge < -0.3 is 0 Å². The van der Waals surface area contributed by atoms with Crippen LogP contribution in [0.1, 0.15) is 63.1 Å². The van der Waals surface area contributed by atoms with Crippen molar-refractivity contribution in [1.29, 1.82) is 0 Å². The monoisotopic (exact) mass is 230 g/mol. The number of rotatable bonds is 7. The predicted molar refractivity (Wildman–Crippen MR) is 78.4 cm³/mol. The lowest BCUT2D eigenvalue weighted by molar-refractivity contribution is 0.861. The van der Waals surface area contributed by atoms with Crippen molar-refractivity contribution in [3.8, 4) is 0 Å². The van der Waals surface area contributed by atoms with Crippen LogP contribution in [0.3, 0.4) is 0 Å². The van der Waals surface area contributed by atoms with Crippen LogP contribution in [0.2, 0.25) is 0 Å². The summed E-state index contributed by atoms with van der Waals surface area (Å²) < 4.78 is 0. The molecule has 0 radical (unpaired) electrons. The van der Waals surface area contributed by atoms with Crippen molar-refractivity contribution in [3.63, 3.8) is 0 Å². The van der Waals surface area contributed by atoms with Crippen molar-refractivity contribution in [1.82, 2.24) is 0 Å². The second kappa shape index (κ2) is 8.11. The quantitative estimate of drug-likeness (QED) is 0.588. The van der Waals surface area contributed by atoms with E-state index in [0.717, 1.165) is 0 Å². The molecule has 0 saturated heterocycles. The van der Waals surface area contributed by atoms with Crippen LogP contribution >= 0.6 is 0 Å². The Balaban J connectivity index is 2.84. The lowest BCUT2D eigenvalue weighted by Crippen LogP contribution is -1.94. The number of benzene rings is 1. The first kappa shape index (κ1) is 14.0. The molecule has 1 aromatic carbocycles. The summed E-state index contributed by atoms with van der Waals surface area (Å²) in [6.45, 7) is 6.73. The molecule has 0 aliphatic rings. The highest BCUT2D eigenvalue weighted by Gasteiger charge is 2.01. The Hall–Kier alpha value is -1.04. The maximum absolute atomic E-state index is 2.38. The van der Waals surface area contributed by atoms with Gasteiger partial charge in [0.05, 0.1) is 0 Å². The summed E-state index contributed by atoms with van der Waals surface area (Å²) in [6, 6.07) is 6.96. The first-order chi connectivity index (χ1) is 8.31. The number of allylic oxidation sites excluding steroid dienone is 1. The zero-order valence-corrected chi connectivity index (χ0v) is 11.6. The minimum Gasteiger partial charge on any atom is -0.0840 e. The van der Waals surface area contributed by atoms with Gasteiger partial charge in [0.1, 0.15) is 0 Å². The molecule has 0 amide bonds. The molecule has 17 heavy (non-hydrogen) atoms. The van der Waals surface area contributed by atoms with Crippen LogP contribution in [-0.4, -0.2) is 0 Å². The van der Waals surface area contributed by atoms with E-state index in [1.807, 2.05) is 0 Å². The van der Waals surface area contributed by atoms with Gasteiger partial charge in [-0.15, -0.1) is 0 Å². The molecular weight excluding hydrogens is 204 g/mol. The van der Waals surface area contributed by atoms with Crippen LogP contribution in [0, 0.1) is 0 Å². The third-order valence-electron chi connectivity index (χ3n) is 3.03. The van der Waals surface area contributed by atoms with E-state index in [1.165, 1.54) is 44.1 Å². The summed E-state index contributed by atoms with van der Waals surface area (Å²) >= 11 is 0. The summed E-state index contributed by atoms with van der Waals surface area (Å²) in [4.78, 5) is 0. The Bertz CT molecular complexity index is 347. The van der Waals surface area contributed by atoms with E-state index >= 15 is 0 Å². The molecule has 0 fully saturated rings. The van der Waals surface area contributed by atoms with Gasteiger partial charge >= 0.3 is 0 Å². The molecule has 1 aromatic rings. The Labute approximate surface area is 107 Å². The van der Waals surface area contributed by atoms with Gasteiger partial charge in [0.15, 0.2) is 0 Å². The first-order valence-corrected chi connectivity index (χ1v) is 7.10. The Kier molecular flexibility index (Phi) is 6.69. The van der Waals surface area contributed by atoms with Crippen LogP contribution in [0.15, 0.2) is 24.3 Å². The van der Waals surface area contributed by atoms with Gasteiger partial charge in [0, 0.05) is 0 Å². The van der Waals surface area contributed by atoms with Crippen LogP contribution in [-0.2, 0) is 12.8 Å². The van der Waals surface area contributed by atoms with E-state index in [1.54, 1.807) is 11.1 Å². The highest BCUT2D eigenvalue weighted by molar-refractivity contribution is 5.52. The van der Waals surface area contributed by atoms with Crippen molar-refractivity contribution < 1.29 is 0 Å². The van der Waals surface area contributed by atoms with Crippen LogP contribution in [0.4, 0.5) is 0 Å². The molecule has 0 aliphatic carbocycles. The molecule has 0 aliphatic heterocycles. The normalized spacial score (nSPS) is 11.2. The third kappa shape index (κ3) is 4.77. The van der Waals surface area contributed by atoms with Crippen LogP contribution in [0.5, 0.6) is 0 Å². The highest BCUT2D eigenvalue weighted by atomic mass is 14.1. The SMILES string of the molecule is CCCC=Cc1ccc(CCC)c(CCC)c1. The number of aryl methyl sites for hydroxylation is 2. The van der Waals surface area contributed by atoms with Crippen LogP contribution in [0.25, 0.3) is 6.08 Å². The molecule has 0 unspecified atom stereocenters. The van der Waals surface area contributed by atoms with E-state index < -0.39 is 0 Å². The summed E-state index contributed by atoms with van der Waals surface area (Å²) in [5.41, 5.74) is 4.46. The Morgan fingerprint density at radius 3 is 2.24 bits per heavy atom. The van der Waals surface area contributed by atoms with E-state index in [4.69, 9.17) is 0 Å². The molecule has 1 rings (SSSR count). The van der Waals surface area contributed by atoms with Crippen LogP contribution < -0.4 is 0 Å². The van der Waals surface area contributed by atoms with Crippen molar-refractivity contribution in [2.24, 2.45) is 0 Å². The summed E-state index contributed by atoms with van der Waals surface area (Å²) in [7, 11) is 0. The maximum atomic E-state index is 2.38. The fraction of sp³-hybridized carbons (Fsp3) is 0.529. The van der Waals surface area contributed by atoms with Gasteiger partial charge in [-0.2, -0.15) is 0 Å². The van der Waals surface area contributed by atoms with E-state index in [9.17, 15) is 0 Å². The second-order valence-corrected chi connectivity index (χ2v) is 4.72. The number of hydrogen-bond acceptors (Lipinski definition) is 0. The molecule has 0 aromatic heterocycles. The van der Waals surface area contributed by atoms with E-state index in [0.29, 0.717) is 0 Å². The first-order valence-electron chi connectivity index (χ1n) is 7.10. The standard InChI is InChI=1S/C17H26/c1-4-7-8-11-15-12-13-16(9-5-2)17(14-15)10-6-3/h8,11-14H,4-7,9-10H2,1-3H3. The maximum Gasteiger partial charge on any atom is -0.0257 e. The zero-order valence-electron chi connectivity index (χ0n) is 11.6. The Morgan fingerprint density at radius 2 is 1.59 bits per heavy atom. The number of hydrogen-bond donors (Lipinski definition) is 0. The Morgan fingerprint density at radius 1 is 0.882 bits per heavy atom. The smallest absolute Gasteiger partial charge is 0.0257 e. The molecular formula is C17H26. The van der Waals surface area contributed by atoms with Gasteiger partial charge in [-0.05, 0) is 36.0 Å². The molecule has 0 nitrogen and oxygen atoms in total. The summed E-state index contributed by atoms with van der Waals surface area (Å²) in [6.07, 6.45) is 11.9.